The van der Waals surface area contributed by atoms with Gasteiger partial charge in [-0.25, -0.2) is 4.79 Å². The molecular formula is C25H26O7. The Bertz CT molecular complexity index is 1050. The van der Waals surface area contributed by atoms with Crippen LogP contribution in [-0.4, -0.2) is 28.9 Å². The van der Waals surface area contributed by atoms with Gasteiger partial charge >= 0.3 is 11.9 Å². The maximum absolute atomic E-state index is 13.1. The van der Waals surface area contributed by atoms with Crippen molar-refractivity contribution in [3.63, 3.8) is 0 Å². The van der Waals surface area contributed by atoms with Crippen LogP contribution in [0.3, 0.4) is 0 Å². The number of Topliss-reactive ketones (excluding diaryl/α,β-unsaturated/α-hetero) is 1. The number of ketones is 1. The second kappa shape index (κ2) is 9.42. The lowest BCUT2D eigenvalue weighted by molar-refractivity contribution is -0.135. The number of cyclic esters (lactones) is 1. The van der Waals surface area contributed by atoms with Gasteiger partial charge in [-0.05, 0) is 56.4 Å². The maximum atomic E-state index is 13.1. The molecule has 0 saturated carbocycles. The number of phenols is 1. The number of hydrogen-bond donors (Lipinski definition) is 1. The summed E-state index contributed by atoms with van der Waals surface area (Å²) in [4.78, 5) is 37.3. The SMILES string of the molecule is C[C@H]1CCCC(=O)CCCC=Cc2cc3c(c(O)c2C(=O)O1)[C@H](c1ccco1)CC(=O)O3. The minimum Gasteiger partial charge on any atom is -0.507 e. The van der Waals surface area contributed by atoms with Crippen LogP contribution in [0.25, 0.3) is 6.08 Å². The summed E-state index contributed by atoms with van der Waals surface area (Å²) in [7, 11) is 0. The van der Waals surface area contributed by atoms with Crippen molar-refractivity contribution in [2.24, 2.45) is 0 Å². The molecule has 7 heteroatoms. The standard InChI is InChI=1S/C25H26O7/c1-15-7-5-10-17(26)9-4-2-3-8-16-13-20-23(24(28)22(16)25(29)31-15)18(14-21(27)32-20)19-11-6-12-30-19/h3,6,8,11-13,15,18,28H,2,4-5,7,9-10,14H2,1H3/t15-,18-/m0/s1. The van der Waals surface area contributed by atoms with Crippen molar-refractivity contribution < 1.29 is 33.4 Å². The fourth-order valence-corrected chi connectivity index (χ4v) is 4.25. The van der Waals surface area contributed by atoms with Crippen LogP contribution in [0.2, 0.25) is 0 Å². The molecule has 0 amide bonds. The molecule has 0 bridgehead atoms. The monoisotopic (exact) mass is 438 g/mol. The number of carbonyl (C=O) groups excluding carboxylic acids is 3. The summed E-state index contributed by atoms with van der Waals surface area (Å²) < 4.78 is 16.5. The number of ether oxygens (including phenoxy) is 2. The molecule has 0 saturated heterocycles. The van der Waals surface area contributed by atoms with Gasteiger partial charge in [0.1, 0.15) is 28.6 Å². The molecule has 2 aliphatic rings. The number of esters is 2. The highest BCUT2D eigenvalue weighted by atomic mass is 16.5. The molecule has 32 heavy (non-hydrogen) atoms. The van der Waals surface area contributed by atoms with Crippen molar-refractivity contribution in [1.82, 2.24) is 0 Å². The smallest absolute Gasteiger partial charge is 0.342 e. The number of allylic oxidation sites excluding steroid dienone is 1. The average molecular weight is 438 g/mol. The first-order chi connectivity index (χ1) is 15.4. The zero-order chi connectivity index (χ0) is 22.7. The summed E-state index contributed by atoms with van der Waals surface area (Å²) >= 11 is 0. The fourth-order valence-electron chi connectivity index (χ4n) is 4.25. The van der Waals surface area contributed by atoms with Crippen molar-refractivity contribution in [1.29, 1.82) is 0 Å². The molecule has 1 aromatic carbocycles. The molecule has 0 aliphatic carbocycles. The third kappa shape index (κ3) is 4.61. The van der Waals surface area contributed by atoms with Gasteiger partial charge in [0.15, 0.2) is 0 Å². The maximum Gasteiger partial charge on any atom is 0.342 e. The van der Waals surface area contributed by atoms with Crippen molar-refractivity contribution in [3.8, 4) is 11.5 Å². The van der Waals surface area contributed by atoms with E-state index in [1.165, 1.54) is 6.26 Å². The number of aromatic hydroxyl groups is 1. The lowest BCUT2D eigenvalue weighted by Gasteiger charge is -2.26. The molecule has 7 nitrogen and oxygen atoms in total. The molecule has 0 radical (unpaired) electrons. The number of carbonyl (C=O) groups is 3. The summed E-state index contributed by atoms with van der Waals surface area (Å²) in [6.45, 7) is 1.77. The van der Waals surface area contributed by atoms with Gasteiger partial charge in [0.2, 0.25) is 0 Å². The van der Waals surface area contributed by atoms with Crippen LogP contribution in [0.4, 0.5) is 0 Å². The van der Waals surface area contributed by atoms with Gasteiger partial charge < -0.3 is 19.0 Å². The highest BCUT2D eigenvalue weighted by Gasteiger charge is 2.36. The molecule has 1 N–H and O–H groups in total. The average Bonchev–Trinajstić information content (AvgIpc) is 3.27. The third-order valence-corrected chi connectivity index (χ3v) is 5.86. The molecule has 3 heterocycles. The Morgan fingerprint density at radius 3 is 2.72 bits per heavy atom. The van der Waals surface area contributed by atoms with E-state index in [1.807, 2.05) is 6.08 Å². The molecule has 0 fully saturated rings. The topological polar surface area (TPSA) is 103 Å². The Morgan fingerprint density at radius 1 is 1.12 bits per heavy atom. The Labute approximate surface area is 186 Å². The number of phenolic OH excluding ortho intramolecular Hbond substituents is 1. The van der Waals surface area contributed by atoms with E-state index in [4.69, 9.17) is 13.9 Å². The highest BCUT2D eigenvalue weighted by Crippen LogP contribution is 2.47. The molecule has 168 valence electrons. The summed E-state index contributed by atoms with van der Waals surface area (Å²) in [6, 6.07) is 5.01. The minimum atomic E-state index is -0.657. The molecule has 1 aromatic heterocycles. The minimum absolute atomic E-state index is 0.0117. The number of rotatable bonds is 1. The Hall–Kier alpha value is -3.35. The molecular weight excluding hydrogens is 412 g/mol. The van der Waals surface area contributed by atoms with E-state index in [0.29, 0.717) is 55.4 Å². The van der Waals surface area contributed by atoms with Crippen LogP contribution >= 0.6 is 0 Å². The number of furan rings is 1. The second-order valence-corrected chi connectivity index (χ2v) is 8.29. The molecule has 2 atom stereocenters. The largest absolute Gasteiger partial charge is 0.507 e. The molecule has 0 unspecified atom stereocenters. The summed E-state index contributed by atoms with van der Waals surface area (Å²) in [5.74, 6) is -1.04. The van der Waals surface area contributed by atoms with Gasteiger partial charge in [-0.2, -0.15) is 0 Å². The number of benzene rings is 1. The fraction of sp³-hybridized carbons (Fsp3) is 0.400. The van der Waals surface area contributed by atoms with Gasteiger partial charge in [-0.3, -0.25) is 9.59 Å². The molecule has 2 aliphatic heterocycles. The molecule has 0 spiro atoms. The zero-order valence-electron chi connectivity index (χ0n) is 18.0. The highest BCUT2D eigenvalue weighted by molar-refractivity contribution is 5.98. The van der Waals surface area contributed by atoms with Crippen molar-refractivity contribution in [2.75, 3.05) is 0 Å². The van der Waals surface area contributed by atoms with Gasteiger partial charge in [-0.15, -0.1) is 0 Å². The lowest BCUT2D eigenvalue weighted by atomic mass is 9.86. The Balaban J connectivity index is 1.79. The van der Waals surface area contributed by atoms with E-state index in [2.05, 4.69) is 0 Å². The van der Waals surface area contributed by atoms with Crippen molar-refractivity contribution >= 4 is 23.8 Å². The lowest BCUT2D eigenvalue weighted by Crippen LogP contribution is -2.23. The van der Waals surface area contributed by atoms with E-state index in [-0.39, 0.29) is 29.3 Å². The van der Waals surface area contributed by atoms with Crippen molar-refractivity contribution in [2.45, 2.75) is 63.9 Å². The van der Waals surface area contributed by atoms with Crippen LogP contribution in [0, 0.1) is 0 Å². The van der Waals surface area contributed by atoms with E-state index in [0.717, 1.165) is 0 Å². The summed E-state index contributed by atoms with van der Waals surface area (Å²) in [5, 5.41) is 11.2. The number of hydrogen-bond acceptors (Lipinski definition) is 7. The third-order valence-electron chi connectivity index (χ3n) is 5.86. The van der Waals surface area contributed by atoms with E-state index in [1.54, 1.807) is 31.2 Å². The second-order valence-electron chi connectivity index (χ2n) is 8.29. The first-order valence-corrected chi connectivity index (χ1v) is 11.0. The van der Waals surface area contributed by atoms with Crippen molar-refractivity contribution in [3.05, 3.63) is 53.0 Å². The quantitative estimate of drug-likeness (QED) is 0.498. The Morgan fingerprint density at radius 2 is 1.94 bits per heavy atom. The van der Waals surface area contributed by atoms with Gasteiger partial charge in [0.05, 0.1) is 24.7 Å². The van der Waals surface area contributed by atoms with Crippen LogP contribution < -0.4 is 4.74 Å². The zero-order valence-corrected chi connectivity index (χ0v) is 18.0. The first-order valence-electron chi connectivity index (χ1n) is 11.0. The van der Waals surface area contributed by atoms with E-state index >= 15 is 0 Å². The van der Waals surface area contributed by atoms with Crippen LogP contribution in [-0.2, 0) is 14.3 Å². The summed E-state index contributed by atoms with van der Waals surface area (Å²) in [5.41, 5.74) is 0.771. The Kier molecular flexibility index (Phi) is 6.44. The van der Waals surface area contributed by atoms with E-state index in [9.17, 15) is 19.5 Å². The number of fused-ring (bicyclic) bond motifs is 2. The predicted molar refractivity (Wildman–Crippen MR) is 116 cm³/mol. The van der Waals surface area contributed by atoms with Crippen LogP contribution in [0.15, 0.2) is 35.0 Å². The molecule has 4 rings (SSSR count). The predicted octanol–water partition coefficient (Wildman–Crippen LogP) is 4.91. The normalized spacial score (nSPS) is 22.3. The van der Waals surface area contributed by atoms with Crippen LogP contribution in [0.1, 0.15) is 85.0 Å². The van der Waals surface area contributed by atoms with Crippen LogP contribution in [0.5, 0.6) is 11.5 Å². The van der Waals surface area contributed by atoms with Gasteiger partial charge in [-0.1, -0.05) is 12.2 Å². The molecule has 2 aromatic rings. The first kappa shape index (κ1) is 21.9. The summed E-state index contributed by atoms with van der Waals surface area (Å²) in [6.07, 6.45) is 8.13. The van der Waals surface area contributed by atoms with Gasteiger partial charge in [0.25, 0.3) is 0 Å². The van der Waals surface area contributed by atoms with Gasteiger partial charge in [0, 0.05) is 18.4 Å². The van der Waals surface area contributed by atoms with E-state index < -0.39 is 24.0 Å².